The van der Waals surface area contributed by atoms with E-state index in [4.69, 9.17) is 4.74 Å². The number of ether oxygens (including phenoxy) is 1. The Kier molecular flexibility index (Phi) is 6.04. The Labute approximate surface area is 156 Å². The lowest BCUT2D eigenvalue weighted by atomic mass is 9.95. The van der Waals surface area contributed by atoms with Gasteiger partial charge in [0.05, 0.1) is 18.4 Å². The second kappa shape index (κ2) is 7.88. The maximum Gasteiger partial charge on any atom is 0.333 e. The average Bonchev–Trinajstić information content (AvgIpc) is 3.10. The highest BCUT2D eigenvalue weighted by atomic mass is 32.2. The van der Waals surface area contributed by atoms with Crippen molar-refractivity contribution in [3.05, 3.63) is 45.1 Å². The number of benzene rings is 1. The van der Waals surface area contributed by atoms with Crippen LogP contribution >= 0.6 is 11.3 Å². The molecule has 0 spiro atoms. The predicted molar refractivity (Wildman–Crippen MR) is 100 cm³/mol. The Bertz CT molecular complexity index is 935. The van der Waals surface area contributed by atoms with E-state index in [-0.39, 0.29) is 11.3 Å². The summed E-state index contributed by atoms with van der Waals surface area (Å²) in [6.07, 6.45) is 0.0674. The number of anilines is 1. The molecule has 0 fully saturated rings. The van der Waals surface area contributed by atoms with Gasteiger partial charge in [0, 0.05) is 11.1 Å². The second-order valence-corrected chi connectivity index (χ2v) is 8.22. The molecule has 0 unspecified atom stereocenters. The van der Waals surface area contributed by atoms with Gasteiger partial charge in [0.25, 0.3) is 10.0 Å². The van der Waals surface area contributed by atoms with Gasteiger partial charge in [-0.05, 0) is 54.5 Å². The molecule has 140 valence electrons. The summed E-state index contributed by atoms with van der Waals surface area (Å²) in [6, 6.07) is 2.38. The van der Waals surface area contributed by atoms with Gasteiger partial charge in [-0.15, -0.1) is 0 Å². The third-order valence-electron chi connectivity index (χ3n) is 3.95. The van der Waals surface area contributed by atoms with Crippen molar-refractivity contribution in [2.24, 2.45) is 0 Å². The van der Waals surface area contributed by atoms with Crippen molar-refractivity contribution in [2.45, 2.75) is 32.1 Å². The summed E-state index contributed by atoms with van der Waals surface area (Å²) >= 11 is 1.22. The number of rotatable bonds is 5. The van der Waals surface area contributed by atoms with Crippen LogP contribution in [0.1, 0.15) is 22.3 Å². The molecule has 0 saturated carbocycles. The second-order valence-electron chi connectivity index (χ2n) is 5.76. The van der Waals surface area contributed by atoms with Crippen molar-refractivity contribution in [1.29, 1.82) is 0 Å². The van der Waals surface area contributed by atoms with Crippen LogP contribution in [-0.2, 0) is 26.0 Å². The first-order valence-electron chi connectivity index (χ1n) is 7.68. The zero-order valence-corrected chi connectivity index (χ0v) is 16.5. The summed E-state index contributed by atoms with van der Waals surface area (Å²) in [5.74, 6) is -0.393. The number of thiophene rings is 1. The van der Waals surface area contributed by atoms with E-state index in [1.165, 1.54) is 29.9 Å². The van der Waals surface area contributed by atoms with Crippen LogP contribution in [0.3, 0.4) is 0 Å². The number of sulfonamides is 1. The van der Waals surface area contributed by atoms with Gasteiger partial charge in [-0.2, -0.15) is 11.3 Å². The molecule has 2 amide bonds. The molecule has 2 rings (SSSR count). The molecule has 26 heavy (non-hydrogen) atoms. The number of carbonyl (C=O) groups excluding carboxylic acids is 2. The van der Waals surface area contributed by atoms with Gasteiger partial charge < -0.3 is 10.1 Å². The van der Waals surface area contributed by atoms with Crippen molar-refractivity contribution in [1.82, 2.24) is 4.72 Å². The standard InChI is InChI=1S/C17H20N2O5S2/c1-10-7-11(2)16(12(3)14(10)8-15(20)24-4)18-17(21)19-26(22,23)13-5-6-25-9-13/h5-7,9H,8H2,1-4H3,(H2,18,19,21). The number of hydrogen-bond donors (Lipinski definition) is 2. The zero-order chi connectivity index (χ0) is 19.5. The first kappa shape index (κ1) is 19.9. The molecule has 0 bridgehead atoms. The van der Waals surface area contributed by atoms with E-state index in [1.54, 1.807) is 19.2 Å². The average molecular weight is 396 g/mol. The normalized spacial score (nSPS) is 11.1. The summed E-state index contributed by atoms with van der Waals surface area (Å²) in [4.78, 5) is 23.9. The molecule has 2 N–H and O–H groups in total. The van der Waals surface area contributed by atoms with Crippen LogP contribution in [0.15, 0.2) is 27.8 Å². The van der Waals surface area contributed by atoms with Crippen LogP contribution in [-0.4, -0.2) is 27.5 Å². The van der Waals surface area contributed by atoms with Gasteiger partial charge in [0.2, 0.25) is 0 Å². The van der Waals surface area contributed by atoms with E-state index >= 15 is 0 Å². The number of nitrogens with one attached hydrogen (secondary N) is 2. The van der Waals surface area contributed by atoms with Crippen LogP contribution in [0.25, 0.3) is 0 Å². The van der Waals surface area contributed by atoms with Gasteiger partial charge in [-0.1, -0.05) is 6.07 Å². The van der Waals surface area contributed by atoms with E-state index in [0.717, 1.165) is 16.7 Å². The van der Waals surface area contributed by atoms with Crippen molar-refractivity contribution >= 4 is 39.0 Å². The summed E-state index contributed by atoms with van der Waals surface area (Å²) in [5, 5.41) is 5.63. The highest BCUT2D eigenvalue weighted by molar-refractivity contribution is 7.90. The number of amides is 2. The van der Waals surface area contributed by atoms with Gasteiger partial charge in [0.15, 0.2) is 0 Å². The van der Waals surface area contributed by atoms with Gasteiger partial charge in [0.1, 0.15) is 0 Å². The fraction of sp³-hybridized carbons (Fsp3) is 0.294. The lowest BCUT2D eigenvalue weighted by Gasteiger charge is -2.18. The molecular weight excluding hydrogens is 376 g/mol. The summed E-state index contributed by atoms with van der Waals surface area (Å²) in [6.45, 7) is 5.43. The van der Waals surface area contributed by atoms with E-state index in [1.807, 2.05) is 17.7 Å². The molecule has 2 aromatic rings. The van der Waals surface area contributed by atoms with E-state index in [2.05, 4.69) is 5.32 Å². The van der Waals surface area contributed by atoms with Gasteiger partial charge in [-0.25, -0.2) is 17.9 Å². The topological polar surface area (TPSA) is 102 Å². The molecule has 7 nitrogen and oxygen atoms in total. The maximum atomic E-state index is 12.2. The Morgan fingerprint density at radius 3 is 2.46 bits per heavy atom. The molecule has 0 radical (unpaired) electrons. The molecular formula is C17H20N2O5S2. The third kappa shape index (κ3) is 4.41. The van der Waals surface area contributed by atoms with Crippen LogP contribution in [0, 0.1) is 20.8 Å². The lowest BCUT2D eigenvalue weighted by Crippen LogP contribution is -2.34. The van der Waals surface area contributed by atoms with Crippen LogP contribution < -0.4 is 10.0 Å². The number of carbonyl (C=O) groups is 2. The van der Waals surface area contributed by atoms with Gasteiger partial charge >= 0.3 is 12.0 Å². The minimum absolute atomic E-state index is 0.0291. The first-order valence-corrected chi connectivity index (χ1v) is 10.1. The fourth-order valence-electron chi connectivity index (χ4n) is 2.63. The molecule has 0 saturated heterocycles. The van der Waals surface area contributed by atoms with Crippen molar-refractivity contribution < 1.29 is 22.7 Å². The van der Waals surface area contributed by atoms with Crippen molar-refractivity contribution in [3.63, 3.8) is 0 Å². The maximum absolute atomic E-state index is 12.2. The molecule has 0 aliphatic heterocycles. The number of urea groups is 1. The fourth-order valence-corrected chi connectivity index (χ4v) is 4.57. The highest BCUT2D eigenvalue weighted by Crippen LogP contribution is 2.27. The summed E-state index contributed by atoms with van der Waals surface area (Å²) < 4.78 is 31.0. The van der Waals surface area contributed by atoms with Crippen molar-refractivity contribution in [2.75, 3.05) is 12.4 Å². The Morgan fingerprint density at radius 2 is 1.88 bits per heavy atom. The Balaban J connectivity index is 2.27. The first-order chi connectivity index (χ1) is 12.2. The smallest absolute Gasteiger partial charge is 0.333 e. The summed E-state index contributed by atoms with van der Waals surface area (Å²) in [5.41, 5.74) is 3.54. The van der Waals surface area contributed by atoms with E-state index in [9.17, 15) is 18.0 Å². The molecule has 0 aliphatic carbocycles. The number of methoxy groups -OCH3 is 1. The largest absolute Gasteiger partial charge is 0.469 e. The summed E-state index contributed by atoms with van der Waals surface area (Å²) in [7, 11) is -2.62. The quantitative estimate of drug-likeness (QED) is 0.757. The molecule has 1 aromatic carbocycles. The van der Waals surface area contributed by atoms with Crippen LogP contribution in [0.4, 0.5) is 10.5 Å². The number of esters is 1. The predicted octanol–water partition coefficient (Wildman–Crippen LogP) is 2.90. The zero-order valence-electron chi connectivity index (χ0n) is 14.9. The lowest BCUT2D eigenvalue weighted by molar-refractivity contribution is -0.139. The SMILES string of the molecule is COC(=O)Cc1c(C)cc(C)c(NC(=O)NS(=O)(=O)c2ccsc2)c1C. The van der Waals surface area contributed by atoms with Crippen LogP contribution in [0.2, 0.25) is 0 Å². The molecule has 1 aromatic heterocycles. The Hall–Kier alpha value is -2.39. The van der Waals surface area contributed by atoms with E-state index in [0.29, 0.717) is 11.3 Å². The molecule has 0 aliphatic rings. The van der Waals surface area contributed by atoms with Crippen LogP contribution in [0.5, 0.6) is 0 Å². The number of hydrogen-bond acceptors (Lipinski definition) is 6. The highest BCUT2D eigenvalue weighted by Gasteiger charge is 2.20. The Morgan fingerprint density at radius 1 is 1.19 bits per heavy atom. The number of aryl methyl sites for hydroxylation is 2. The molecule has 0 atom stereocenters. The third-order valence-corrected chi connectivity index (χ3v) is 6.11. The van der Waals surface area contributed by atoms with E-state index < -0.39 is 22.0 Å². The minimum Gasteiger partial charge on any atom is -0.469 e. The van der Waals surface area contributed by atoms with Gasteiger partial charge in [-0.3, -0.25) is 4.79 Å². The minimum atomic E-state index is -3.93. The molecule has 1 heterocycles. The molecule has 9 heteroatoms. The van der Waals surface area contributed by atoms with Crippen molar-refractivity contribution in [3.8, 4) is 0 Å². The monoisotopic (exact) mass is 396 g/mol.